The lowest BCUT2D eigenvalue weighted by atomic mass is 9.90. The predicted octanol–water partition coefficient (Wildman–Crippen LogP) is 1.35. The van der Waals surface area contributed by atoms with Gasteiger partial charge in [0.05, 0.1) is 26.4 Å². The van der Waals surface area contributed by atoms with Crippen molar-refractivity contribution < 1.29 is 14.2 Å². The van der Waals surface area contributed by atoms with Crippen molar-refractivity contribution in [3.8, 4) is 0 Å². The Labute approximate surface area is 104 Å². The Hall–Kier alpha value is -0.160. The highest BCUT2D eigenvalue weighted by atomic mass is 16.7. The minimum absolute atomic E-state index is 0.0212. The standard InChI is InChI=1S/C13H25NO3/c1-3-12(8-14-4-6-15-7-5-14)13-9-16-11(2)17-10-13/h11-13H,3-10H2,1-2H3. The molecule has 2 aliphatic rings. The van der Waals surface area contributed by atoms with Gasteiger partial charge in [0, 0.05) is 25.6 Å². The van der Waals surface area contributed by atoms with E-state index in [-0.39, 0.29) is 6.29 Å². The van der Waals surface area contributed by atoms with Crippen molar-refractivity contribution >= 4 is 0 Å². The van der Waals surface area contributed by atoms with E-state index in [4.69, 9.17) is 14.2 Å². The predicted molar refractivity (Wildman–Crippen MR) is 65.9 cm³/mol. The van der Waals surface area contributed by atoms with Gasteiger partial charge in [0.25, 0.3) is 0 Å². The highest BCUT2D eigenvalue weighted by Gasteiger charge is 2.27. The van der Waals surface area contributed by atoms with Crippen molar-refractivity contribution in [1.82, 2.24) is 4.90 Å². The van der Waals surface area contributed by atoms with Gasteiger partial charge in [0.2, 0.25) is 0 Å². The van der Waals surface area contributed by atoms with Gasteiger partial charge in [-0.3, -0.25) is 4.90 Å². The van der Waals surface area contributed by atoms with Gasteiger partial charge in [-0.25, -0.2) is 0 Å². The zero-order valence-corrected chi connectivity index (χ0v) is 11.1. The van der Waals surface area contributed by atoms with Crippen molar-refractivity contribution in [3.05, 3.63) is 0 Å². The second-order valence-electron chi connectivity index (χ2n) is 5.08. The van der Waals surface area contributed by atoms with Gasteiger partial charge < -0.3 is 14.2 Å². The molecule has 2 saturated heterocycles. The van der Waals surface area contributed by atoms with Crippen LogP contribution in [0, 0.1) is 11.8 Å². The summed E-state index contributed by atoms with van der Waals surface area (Å²) in [5, 5.41) is 0. The molecule has 0 amide bonds. The van der Waals surface area contributed by atoms with Gasteiger partial charge >= 0.3 is 0 Å². The third-order valence-corrected chi connectivity index (χ3v) is 3.88. The monoisotopic (exact) mass is 243 g/mol. The summed E-state index contributed by atoms with van der Waals surface area (Å²) in [6, 6.07) is 0. The molecule has 0 spiro atoms. The Kier molecular flexibility index (Phi) is 5.22. The van der Waals surface area contributed by atoms with Gasteiger partial charge in [0.15, 0.2) is 6.29 Å². The summed E-state index contributed by atoms with van der Waals surface area (Å²) in [7, 11) is 0. The van der Waals surface area contributed by atoms with E-state index >= 15 is 0 Å². The van der Waals surface area contributed by atoms with Crippen LogP contribution in [-0.4, -0.2) is 57.3 Å². The molecular formula is C13H25NO3. The Morgan fingerprint density at radius 1 is 1.18 bits per heavy atom. The Morgan fingerprint density at radius 2 is 1.82 bits per heavy atom. The maximum Gasteiger partial charge on any atom is 0.154 e. The molecule has 2 heterocycles. The highest BCUT2D eigenvalue weighted by molar-refractivity contribution is 4.75. The average Bonchev–Trinajstić information content (AvgIpc) is 2.38. The largest absolute Gasteiger partial charge is 0.379 e. The van der Waals surface area contributed by atoms with Crippen LogP contribution in [0.25, 0.3) is 0 Å². The first-order chi connectivity index (χ1) is 8.29. The van der Waals surface area contributed by atoms with Crippen LogP contribution < -0.4 is 0 Å². The van der Waals surface area contributed by atoms with Crippen LogP contribution in [-0.2, 0) is 14.2 Å². The summed E-state index contributed by atoms with van der Waals surface area (Å²) in [6.45, 7) is 11.0. The Balaban J connectivity index is 1.78. The van der Waals surface area contributed by atoms with E-state index in [1.54, 1.807) is 0 Å². The quantitative estimate of drug-likeness (QED) is 0.746. The van der Waals surface area contributed by atoms with E-state index in [1.807, 2.05) is 6.92 Å². The third-order valence-electron chi connectivity index (χ3n) is 3.88. The molecule has 4 heteroatoms. The first-order valence-electron chi connectivity index (χ1n) is 6.83. The Morgan fingerprint density at radius 3 is 2.41 bits per heavy atom. The molecule has 100 valence electrons. The van der Waals surface area contributed by atoms with E-state index in [0.29, 0.717) is 11.8 Å². The second-order valence-corrected chi connectivity index (χ2v) is 5.08. The van der Waals surface area contributed by atoms with E-state index in [9.17, 15) is 0 Å². The topological polar surface area (TPSA) is 30.9 Å². The first kappa shape index (κ1) is 13.3. The van der Waals surface area contributed by atoms with Crippen LogP contribution in [0.2, 0.25) is 0 Å². The summed E-state index contributed by atoms with van der Waals surface area (Å²) in [5.74, 6) is 1.24. The van der Waals surface area contributed by atoms with Gasteiger partial charge in [-0.1, -0.05) is 13.3 Å². The summed E-state index contributed by atoms with van der Waals surface area (Å²) in [4.78, 5) is 2.51. The molecule has 2 rings (SSSR count). The molecule has 0 aliphatic carbocycles. The minimum atomic E-state index is -0.0212. The van der Waals surface area contributed by atoms with Gasteiger partial charge in [-0.15, -0.1) is 0 Å². The smallest absolute Gasteiger partial charge is 0.154 e. The summed E-state index contributed by atoms with van der Waals surface area (Å²) in [6.07, 6.45) is 1.18. The first-order valence-corrected chi connectivity index (χ1v) is 6.83. The maximum absolute atomic E-state index is 5.60. The van der Waals surface area contributed by atoms with Crippen LogP contribution >= 0.6 is 0 Å². The molecule has 2 fully saturated rings. The van der Waals surface area contributed by atoms with Gasteiger partial charge in [-0.2, -0.15) is 0 Å². The number of rotatable bonds is 4. The molecule has 0 aromatic rings. The molecule has 0 aromatic carbocycles. The molecular weight excluding hydrogens is 218 g/mol. The lowest BCUT2D eigenvalue weighted by molar-refractivity contribution is -0.200. The average molecular weight is 243 g/mol. The number of nitrogens with zero attached hydrogens (tertiary/aromatic N) is 1. The van der Waals surface area contributed by atoms with Crippen molar-refractivity contribution in [1.29, 1.82) is 0 Å². The molecule has 17 heavy (non-hydrogen) atoms. The molecule has 1 unspecified atom stereocenters. The molecule has 0 radical (unpaired) electrons. The van der Waals surface area contributed by atoms with Crippen LogP contribution in [0.15, 0.2) is 0 Å². The molecule has 0 saturated carbocycles. The van der Waals surface area contributed by atoms with Crippen molar-refractivity contribution in [2.45, 2.75) is 26.6 Å². The van der Waals surface area contributed by atoms with Gasteiger partial charge in [-0.05, 0) is 12.8 Å². The normalized spacial score (nSPS) is 33.5. The number of morpholine rings is 1. The maximum atomic E-state index is 5.60. The SMILES string of the molecule is CCC(CN1CCOCC1)C1COC(C)OC1. The zero-order valence-electron chi connectivity index (χ0n) is 11.1. The summed E-state index contributed by atoms with van der Waals surface area (Å²) < 4.78 is 16.6. The van der Waals surface area contributed by atoms with Crippen LogP contribution in [0.3, 0.4) is 0 Å². The number of hydrogen-bond donors (Lipinski definition) is 0. The fraction of sp³-hybridized carbons (Fsp3) is 1.00. The summed E-state index contributed by atoms with van der Waals surface area (Å²) >= 11 is 0. The van der Waals surface area contributed by atoms with E-state index in [2.05, 4.69) is 11.8 Å². The minimum Gasteiger partial charge on any atom is -0.379 e. The fourth-order valence-corrected chi connectivity index (χ4v) is 2.61. The van der Waals surface area contributed by atoms with E-state index in [1.165, 1.54) is 6.42 Å². The fourth-order valence-electron chi connectivity index (χ4n) is 2.61. The molecule has 0 aromatic heterocycles. The molecule has 4 nitrogen and oxygen atoms in total. The van der Waals surface area contributed by atoms with Gasteiger partial charge in [0.1, 0.15) is 0 Å². The molecule has 1 atom stereocenters. The number of ether oxygens (including phenoxy) is 3. The van der Waals surface area contributed by atoms with Crippen LogP contribution in [0.5, 0.6) is 0 Å². The van der Waals surface area contributed by atoms with Crippen molar-refractivity contribution in [2.24, 2.45) is 11.8 Å². The lowest BCUT2D eigenvalue weighted by Gasteiger charge is -2.36. The third kappa shape index (κ3) is 3.91. The molecule has 2 aliphatic heterocycles. The zero-order chi connectivity index (χ0) is 12.1. The number of hydrogen-bond acceptors (Lipinski definition) is 4. The van der Waals surface area contributed by atoms with Crippen molar-refractivity contribution in [3.63, 3.8) is 0 Å². The second kappa shape index (κ2) is 6.69. The summed E-state index contributed by atoms with van der Waals surface area (Å²) in [5.41, 5.74) is 0. The highest BCUT2D eigenvalue weighted by Crippen LogP contribution is 2.23. The van der Waals surface area contributed by atoms with Crippen molar-refractivity contribution in [2.75, 3.05) is 46.1 Å². The lowest BCUT2D eigenvalue weighted by Crippen LogP contribution is -2.43. The van der Waals surface area contributed by atoms with E-state index < -0.39 is 0 Å². The van der Waals surface area contributed by atoms with Crippen LogP contribution in [0.4, 0.5) is 0 Å². The van der Waals surface area contributed by atoms with Crippen LogP contribution in [0.1, 0.15) is 20.3 Å². The molecule has 0 bridgehead atoms. The van der Waals surface area contributed by atoms with E-state index in [0.717, 1.165) is 46.1 Å². The Bertz CT molecular complexity index is 211. The molecule has 0 N–H and O–H groups in total.